The van der Waals surface area contributed by atoms with Crippen LogP contribution in [0.25, 0.3) is 0 Å². The molecular formula is C6H12N2. The number of nitrogens with zero attached hydrogens (tertiary/aromatic N) is 1. The molecular weight excluding hydrogens is 100 g/mol. The maximum Gasteiger partial charge on any atom is 0.0601 e. The second-order valence-electron chi connectivity index (χ2n) is 2.86. The van der Waals surface area contributed by atoms with E-state index >= 15 is 0 Å². The number of rotatable bonds is 0. The van der Waals surface area contributed by atoms with Crippen molar-refractivity contribution in [3.05, 3.63) is 0 Å². The van der Waals surface area contributed by atoms with Gasteiger partial charge in [0, 0.05) is 0 Å². The van der Waals surface area contributed by atoms with Gasteiger partial charge in [0.05, 0.1) is 6.17 Å². The third-order valence-electron chi connectivity index (χ3n) is 2.48. The van der Waals surface area contributed by atoms with Crippen LogP contribution in [0.15, 0.2) is 0 Å². The quantitative estimate of drug-likeness (QED) is 0.478. The SMILES string of the molecule is NC1C2CCN1CC2. The van der Waals surface area contributed by atoms with Crippen LogP contribution in [0.1, 0.15) is 12.8 Å². The molecule has 2 N–H and O–H groups in total. The first-order valence-corrected chi connectivity index (χ1v) is 3.37. The van der Waals surface area contributed by atoms with Crippen molar-refractivity contribution < 1.29 is 0 Å². The standard InChI is InChI=1S/C6H12N2/c7-6-5-1-3-8(6)4-2-5/h5-6H,1-4,7H2. The molecule has 2 fully saturated rings. The minimum atomic E-state index is 0.426. The highest BCUT2D eigenvalue weighted by atomic mass is 15.3. The zero-order valence-corrected chi connectivity index (χ0v) is 5.01. The van der Waals surface area contributed by atoms with Crippen molar-refractivity contribution in [1.82, 2.24) is 4.90 Å². The van der Waals surface area contributed by atoms with Gasteiger partial charge in [-0.15, -0.1) is 0 Å². The van der Waals surface area contributed by atoms with E-state index in [4.69, 9.17) is 5.73 Å². The third kappa shape index (κ3) is 0.446. The largest absolute Gasteiger partial charge is 0.315 e. The van der Waals surface area contributed by atoms with Gasteiger partial charge in [-0.3, -0.25) is 4.90 Å². The Kier molecular flexibility index (Phi) is 0.866. The van der Waals surface area contributed by atoms with Gasteiger partial charge in [-0.25, -0.2) is 0 Å². The van der Waals surface area contributed by atoms with Gasteiger partial charge < -0.3 is 5.73 Å². The smallest absolute Gasteiger partial charge is 0.0601 e. The summed E-state index contributed by atoms with van der Waals surface area (Å²) in [6.45, 7) is 2.51. The topological polar surface area (TPSA) is 29.3 Å². The predicted octanol–water partition coefficient (Wildman–Crippen LogP) is -0.00320. The number of nitrogens with two attached hydrogens (primary N) is 1. The van der Waals surface area contributed by atoms with E-state index in [1.807, 2.05) is 0 Å². The number of fused-ring (bicyclic) bond motifs is 2. The van der Waals surface area contributed by atoms with Crippen molar-refractivity contribution >= 4 is 0 Å². The molecule has 0 radical (unpaired) electrons. The Bertz CT molecular complexity index is 82.7. The lowest BCUT2D eigenvalue weighted by Gasteiger charge is -2.12. The van der Waals surface area contributed by atoms with E-state index in [0.717, 1.165) is 5.92 Å². The molecule has 8 heavy (non-hydrogen) atoms. The molecule has 0 aromatic rings. The summed E-state index contributed by atoms with van der Waals surface area (Å²) in [4.78, 5) is 2.38. The summed E-state index contributed by atoms with van der Waals surface area (Å²) in [5, 5.41) is 0. The summed E-state index contributed by atoms with van der Waals surface area (Å²) in [6.07, 6.45) is 3.12. The van der Waals surface area contributed by atoms with E-state index in [9.17, 15) is 0 Å². The summed E-state index contributed by atoms with van der Waals surface area (Å²) in [7, 11) is 0. The minimum absolute atomic E-state index is 0.426. The fourth-order valence-electron chi connectivity index (χ4n) is 1.86. The Morgan fingerprint density at radius 1 is 1.25 bits per heavy atom. The summed E-state index contributed by atoms with van der Waals surface area (Å²) >= 11 is 0. The van der Waals surface area contributed by atoms with Crippen LogP contribution in [0.2, 0.25) is 0 Å². The molecule has 2 aliphatic rings. The van der Waals surface area contributed by atoms with Crippen LogP contribution in [0, 0.1) is 5.92 Å². The molecule has 2 heterocycles. The van der Waals surface area contributed by atoms with E-state index in [0.29, 0.717) is 6.17 Å². The van der Waals surface area contributed by atoms with Crippen molar-refractivity contribution in [2.24, 2.45) is 11.7 Å². The molecule has 2 aliphatic heterocycles. The molecule has 0 aromatic heterocycles. The molecule has 2 bridgehead atoms. The lowest BCUT2D eigenvalue weighted by Crippen LogP contribution is -2.33. The summed E-state index contributed by atoms with van der Waals surface area (Å²) in [5.41, 5.74) is 5.81. The van der Waals surface area contributed by atoms with Gasteiger partial charge in [0.2, 0.25) is 0 Å². The second-order valence-corrected chi connectivity index (χ2v) is 2.86. The van der Waals surface area contributed by atoms with Gasteiger partial charge in [0.15, 0.2) is 0 Å². The first kappa shape index (κ1) is 4.77. The molecule has 0 aliphatic carbocycles. The first-order chi connectivity index (χ1) is 3.88. The first-order valence-electron chi connectivity index (χ1n) is 3.37. The zero-order valence-electron chi connectivity index (χ0n) is 5.01. The highest BCUT2D eigenvalue weighted by Gasteiger charge is 2.36. The van der Waals surface area contributed by atoms with Crippen LogP contribution in [0.5, 0.6) is 0 Å². The molecule has 46 valence electrons. The molecule has 2 rings (SSSR count). The average molecular weight is 112 g/mol. The number of hydrogen-bond acceptors (Lipinski definition) is 2. The molecule has 1 atom stereocenters. The number of piperidine rings is 1. The summed E-state index contributed by atoms with van der Waals surface area (Å²) in [5.74, 6) is 0.843. The van der Waals surface area contributed by atoms with Crippen molar-refractivity contribution in [1.29, 1.82) is 0 Å². The minimum Gasteiger partial charge on any atom is -0.315 e. The van der Waals surface area contributed by atoms with E-state index in [1.54, 1.807) is 0 Å². The van der Waals surface area contributed by atoms with Crippen LogP contribution in [0.3, 0.4) is 0 Å². The fraction of sp³-hybridized carbons (Fsp3) is 1.00. The monoisotopic (exact) mass is 112 g/mol. The van der Waals surface area contributed by atoms with Crippen LogP contribution in [-0.4, -0.2) is 24.2 Å². The third-order valence-corrected chi connectivity index (χ3v) is 2.48. The summed E-state index contributed by atoms with van der Waals surface area (Å²) < 4.78 is 0. The zero-order chi connectivity index (χ0) is 5.56. The molecule has 2 nitrogen and oxygen atoms in total. The molecule has 0 spiro atoms. The van der Waals surface area contributed by atoms with Gasteiger partial charge in [-0.1, -0.05) is 0 Å². The van der Waals surface area contributed by atoms with E-state index in [2.05, 4.69) is 4.90 Å². The second kappa shape index (κ2) is 1.45. The normalized spacial score (nSPS) is 52.9. The van der Waals surface area contributed by atoms with Crippen molar-refractivity contribution in [3.63, 3.8) is 0 Å². The van der Waals surface area contributed by atoms with Crippen LogP contribution in [0.4, 0.5) is 0 Å². The number of hydrogen-bond donors (Lipinski definition) is 1. The molecule has 0 amide bonds. The Morgan fingerprint density at radius 3 is 2.00 bits per heavy atom. The maximum absolute atomic E-state index is 5.81. The average Bonchev–Trinajstić information content (AvgIpc) is 2.29. The highest BCUT2D eigenvalue weighted by molar-refractivity contribution is 4.89. The fourth-order valence-corrected chi connectivity index (χ4v) is 1.86. The van der Waals surface area contributed by atoms with Crippen LogP contribution in [-0.2, 0) is 0 Å². The Hall–Kier alpha value is -0.0800. The lowest BCUT2D eigenvalue weighted by atomic mass is 10.0. The summed E-state index contributed by atoms with van der Waals surface area (Å²) in [6, 6.07) is 0. The predicted molar refractivity (Wildman–Crippen MR) is 32.3 cm³/mol. The van der Waals surface area contributed by atoms with Gasteiger partial charge in [-0.05, 0) is 31.8 Å². The van der Waals surface area contributed by atoms with E-state index < -0.39 is 0 Å². The highest BCUT2D eigenvalue weighted by Crippen LogP contribution is 2.30. The molecule has 2 heteroatoms. The van der Waals surface area contributed by atoms with Gasteiger partial charge in [0.1, 0.15) is 0 Å². The lowest BCUT2D eigenvalue weighted by molar-refractivity contribution is 0.306. The van der Waals surface area contributed by atoms with Crippen LogP contribution >= 0.6 is 0 Å². The van der Waals surface area contributed by atoms with E-state index in [-0.39, 0.29) is 0 Å². The maximum atomic E-state index is 5.81. The molecule has 0 aromatic carbocycles. The Balaban J connectivity index is 2.16. The Labute approximate surface area is 49.7 Å². The van der Waals surface area contributed by atoms with Gasteiger partial charge >= 0.3 is 0 Å². The van der Waals surface area contributed by atoms with E-state index in [1.165, 1.54) is 25.9 Å². The Morgan fingerprint density at radius 2 is 1.88 bits per heavy atom. The van der Waals surface area contributed by atoms with Crippen molar-refractivity contribution in [2.45, 2.75) is 19.0 Å². The van der Waals surface area contributed by atoms with Gasteiger partial charge in [0.25, 0.3) is 0 Å². The molecule has 1 unspecified atom stereocenters. The van der Waals surface area contributed by atoms with Crippen LogP contribution < -0.4 is 5.73 Å². The van der Waals surface area contributed by atoms with Crippen molar-refractivity contribution in [2.75, 3.05) is 13.1 Å². The molecule has 0 saturated carbocycles. The van der Waals surface area contributed by atoms with Gasteiger partial charge in [-0.2, -0.15) is 0 Å². The molecule has 2 saturated heterocycles. The van der Waals surface area contributed by atoms with Crippen molar-refractivity contribution in [3.8, 4) is 0 Å².